The number of amides is 1. The molecule has 2 rings (SSSR count). The number of hydrogen-bond acceptors (Lipinski definition) is 4. The summed E-state index contributed by atoms with van der Waals surface area (Å²) in [5.41, 5.74) is 8.42. The number of piperidine rings is 1. The molecule has 0 spiro atoms. The Kier molecular flexibility index (Phi) is 8.16. The molecule has 3 N–H and O–H groups in total. The lowest BCUT2D eigenvalue weighted by Crippen LogP contribution is -2.54. The summed E-state index contributed by atoms with van der Waals surface area (Å²) in [5, 5.41) is 3.02. The van der Waals surface area contributed by atoms with Crippen LogP contribution in [0.2, 0.25) is 0 Å². The van der Waals surface area contributed by atoms with Gasteiger partial charge in [-0.3, -0.25) is 9.69 Å². The van der Waals surface area contributed by atoms with Crippen LogP contribution in [0, 0.1) is 5.41 Å². The molecule has 1 aliphatic heterocycles. The van der Waals surface area contributed by atoms with Crippen molar-refractivity contribution in [3.05, 3.63) is 35.4 Å². The van der Waals surface area contributed by atoms with Gasteiger partial charge in [-0.25, -0.2) is 0 Å². The van der Waals surface area contributed by atoms with Gasteiger partial charge in [0.2, 0.25) is 5.91 Å². The van der Waals surface area contributed by atoms with Crippen LogP contribution < -0.4 is 11.1 Å². The number of nitrogens with one attached hydrogen (secondary N) is 1. The zero-order chi connectivity index (χ0) is 16.9. The van der Waals surface area contributed by atoms with Crippen molar-refractivity contribution in [3.8, 4) is 0 Å². The van der Waals surface area contributed by atoms with Crippen molar-refractivity contribution in [3.63, 3.8) is 0 Å². The van der Waals surface area contributed by atoms with E-state index in [-0.39, 0.29) is 29.8 Å². The first kappa shape index (κ1) is 20.9. The lowest BCUT2D eigenvalue weighted by molar-refractivity contribution is -0.123. The molecule has 5 nitrogen and oxygen atoms in total. The topological polar surface area (TPSA) is 67.6 Å². The Labute approximate surface area is 151 Å². The Balaban J connectivity index is 0.00000288. The molecule has 136 valence electrons. The molecule has 1 aromatic rings. The third kappa shape index (κ3) is 5.74. The number of ether oxygens (including phenoxy) is 1. The third-order valence-electron chi connectivity index (χ3n) is 4.65. The molecule has 0 bridgehead atoms. The standard InChI is InChI=1S/C18H29N3O2.ClH/c1-18(2)13-21(9-8-16(18)19)11-17(22)20-10-14-6-4-5-7-15(14)12-23-3;/h4-7,16H,8-13,19H2,1-3H3,(H,20,22);1H. The smallest absolute Gasteiger partial charge is 0.234 e. The normalized spacial score (nSPS) is 20.2. The van der Waals surface area contributed by atoms with E-state index in [0.29, 0.717) is 19.7 Å². The second-order valence-electron chi connectivity index (χ2n) is 7.07. The number of hydrogen-bond donors (Lipinski definition) is 2. The van der Waals surface area contributed by atoms with E-state index in [4.69, 9.17) is 10.5 Å². The second-order valence-corrected chi connectivity index (χ2v) is 7.07. The predicted octanol–water partition coefficient (Wildman–Crippen LogP) is 1.93. The van der Waals surface area contributed by atoms with Gasteiger partial charge in [-0.1, -0.05) is 38.1 Å². The van der Waals surface area contributed by atoms with Gasteiger partial charge in [-0.05, 0) is 23.0 Å². The highest BCUT2D eigenvalue weighted by atomic mass is 35.5. The van der Waals surface area contributed by atoms with Crippen LogP contribution in [0.1, 0.15) is 31.4 Å². The minimum absolute atomic E-state index is 0. The quantitative estimate of drug-likeness (QED) is 0.818. The van der Waals surface area contributed by atoms with E-state index in [1.165, 1.54) is 0 Å². The van der Waals surface area contributed by atoms with Crippen LogP contribution in [0.4, 0.5) is 0 Å². The number of methoxy groups -OCH3 is 1. The number of carbonyl (C=O) groups is 1. The molecule has 1 unspecified atom stereocenters. The summed E-state index contributed by atoms with van der Waals surface area (Å²) in [7, 11) is 1.68. The third-order valence-corrected chi connectivity index (χ3v) is 4.65. The predicted molar refractivity (Wildman–Crippen MR) is 99.1 cm³/mol. The maximum atomic E-state index is 12.2. The molecule has 1 aliphatic rings. The van der Waals surface area contributed by atoms with Gasteiger partial charge in [0.1, 0.15) is 0 Å². The van der Waals surface area contributed by atoms with Gasteiger partial charge in [0, 0.05) is 32.8 Å². The maximum Gasteiger partial charge on any atom is 0.234 e. The van der Waals surface area contributed by atoms with Crippen molar-refractivity contribution < 1.29 is 9.53 Å². The first-order chi connectivity index (χ1) is 10.9. The lowest BCUT2D eigenvalue weighted by Gasteiger charge is -2.42. The number of carbonyl (C=O) groups excluding carboxylic acids is 1. The zero-order valence-corrected chi connectivity index (χ0v) is 15.7. The van der Waals surface area contributed by atoms with E-state index >= 15 is 0 Å². The van der Waals surface area contributed by atoms with Crippen LogP contribution in [-0.2, 0) is 22.7 Å². The molecule has 0 saturated carbocycles. The number of nitrogens with zero attached hydrogens (tertiary/aromatic N) is 1. The van der Waals surface area contributed by atoms with Crippen molar-refractivity contribution in [2.45, 2.75) is 39.5 Å². The number of rotatable bonds is 6. The Morgan fingerprint density at radius 2 is 2.04 bits per heavy atom. The Morgan fingerprint density at radius 1 is 1.38 bits per heavy atom. The van der Waals surface area contributed by atoms with Crippen molar-refractivity contribution in [2.24, 2.45) is 11.1 Å². The molecule has 1 aromatic carbocycles. The second kappa shape index (κ2) is 9.37. The summed E-state index contributed by atoms with van der Waals surface area (Å²) < 4.78 is 5.20. The molecular weight excluding hydrogens is 326 g/mol. The van der Waals surface area contributed by atoms with Crippen LogP contribution in [0.25, 0.3) is 0 Å². The summed E-state index contributed by atoms with van der Waals surface area (Å²) in [6.07, 6.45) is 0.941. The van der Waals surface area contributed by atoms with E-state index < -0.39 is 0 Å². The van der Waals surface area contributed by atoms with Crippen molar-refractivity contribution in [1.82, 2.24) is 10.2 Å². The SMILES string of the molecule is COCc1ccccc1CNC(=O)CN1CCC(N)C(C)(C)C1.Cl. The molecule has 6 heteroatoms. The lowest BCUT2D eigenvalue weighted by atomic mass is 9.80. The van der Waals surface area contributed by atoms with Gasteiger partial charge >= 0.3 is 0 Å². The largest absolute Gasteiger partial charge is 0.380 e. The van der Waals surface area contributed by atoms with Gasteiger partial charge in [-0.15, -0.1) is 12.4 Å². The van der Waals surface area contributed by atoms with E-state index in [0.717, 1.165) is 30.6 Å². The van der Waals surface area contributed by atoms with Crippen molar-refractivity contribution in [2.75, 3.05) is 26.7 Å². The highest BCUT2D eigenvalue weighted by Gasteiger charge is 2.33. The van der Waals surface area contributed by atoms with Crippen LogP contribution in [0.5, 0.6) is 0 Å². The highest BCUT2D eigenvalue weighted by Crippen LogP contribution is 2.27. The monoisotopic (exact) mass is 355 g/mol. The summed E-state index contributed by atoms with van der Waals surface area (Å²) in [6.45, 7) is 7.62. The molecule has 1 atom stereocenters. The number of nitrogens with two attached hydrogens (primary N) is 1. The summed E-state index contributed by atoms with van der Waals surface area (Å²) in [6, 6.07) is 8.23. The van der Waals surface area contributed by atoms with Gasteiger partial charge < -0.3 is 15.8 Å². The fourth-order valence-corrected chi connectivity index (χ4v) is 3.10. The first-order valence-electron chi connectivity index (χ1n) is 8.23. The van der Waals surface area contributed by atoms with E-state index in [1.807, 2.05) is 24.3 Å². The summed E-state index contributed by atoms with van der Waals surface area (Å²) >= 11 is 0. The highest BCUT2D eigenvalue weighted by molar-refractivity contribution is 5.85. The zero-order valence-electron chi connectivity index (χ0n) is 14.9. The minimum atomic E-state index is 0. The molecule has 1 amide bonds. The average molecular weight is 356 g/mol. The Bertz CT molecular complexity index is 537. The summed E-state index contributed by atoms with van der Waals surface area (Å²) in [4.78, 5) is 14.4. The van der Waals surface area contributed by atoms with E-state index in [9.17, 15) is 4.79 Å². The van der Waals surface area contributed by atoms with E-state index in [1.54, 1.807) is 7.11 Å². The maximum absolute atomic E-state index is 12.2. The first-order valence-corrected chi connectivity index (χ1v) is 8.23. The molecule has 1 saturated heterocycles. The molecule has 0 aliphatic carbocycles. The summed E-state index contributed by atoms with van der Waals surface area (Å²) in [5.74, 6) is 0.0588. The van der Waals surface area contributed by atoms with Gasteiger partial charge in [0.15, 0.2) is 0 Å². The average Bonchev–Trinajstić information content (AvgIpc) is 2.50. The van der Waals surface area contributed by atoms with E-state index in [2.05, 4.69) is 24.1 Å². The Morgan fingerprint density at radius 3 is 2.67 bits per heavy atom. The molecular formula is C18H30ClN3O2. The van der Waals surface area contributed by atoms with Crippen LogP contribution >= 0.6 is 12.4 Å². The van der Waals surface area contributed by atoms with Crippen LogP contribution in [0.15, 0.2) is 24.3 Å². The van der Waals surface area contributed by atoms with Crippen molar-refractivity contribution >= 4 is 18.3 Å². The van der Waals surface area contributed by atoms with Gasteiger partial charge in [-0.2, -0.15) is 0 Å². The number of likely N-dealkylation sites (tertiary alicyclic amines) is 1. The van der Waals surface area contributed by atoms with Crippen LogP contribution in [0.3, 0.4) is 0 Å². The minimum Gasteiger partial charge on any atom is -0.380 e. The van der Waals surface area contributed by atoms with Gasteiger partial charge in [0.05, 0.1) is 13.2 Å². The molecule has 1 heterocycles. The number of benzene rings is 1. The molecule has 0 aromatic heterocycles. The van der Waals surface area contributed by atoms with Crippen molar-refractivity contribution in [1.29, 1.82) is 0 Å². The Hall–Kier alpha value is -1.14. The number of halogens is 1. The van der Waals surface area contributed by atoms with Gasteiger partial charge in [0.25, 0.3) is 0 Å². The molecule has 24 heavy (non-hydrogen) atoms. The molecule has 0 radical (unpaired) electrons. The fourth-order valence-electron chi connectivity index (χ4n) is 3.10. The molecule has 1 fully saturated rings. The fraction of sp³-hybridized carbons (Fsp3) is 0.611. The van der Waals surface area contributed by atoms with Crippen LogP contribution in [-0.4, -0.2) is 43.6 Å².